The molecule has 1 fully saturated rings. The first kappa shape index (κ1) is 24.0. The minimum atomic E-state index is 0.212. The van der Waals surface area contributed by atoms with E-state index in [2.05, 4.69) is 31.3 Å². The molecule has 1 aliphatic heterocycles. The number of benzene rings is 1. The molecule has 9 nitrogen and oxygen atoms in total. The molecule has 0 unspecified atom stereocenters. The second-order valence-electron chi connectivity index (χ2n) is 9.18. The predicted octanol–water partition coefficient (Wildman–Crippen LogP) is 1.26. The molecule has 3 heterocycles. The number of carbonyl (C=O) groups excluding carboxylic acids is 1. The highest BCUT2D eigenvalue weighted by atomic mass is 16.5. The van der Waals surface area contributed by atoms with Gasteiger partial charge in [-0.3, -0.25) is 14.6 Å². The van der Waals surface area contributed by atoms with Gasteiger partial charge in [0.15, 0.2) is 11.5 Å². The molecule has 2 aromatic heterocycles. The van der Waals surface area contributed by atoms with Gasteiger partial charge in [-0.15, -0.1) is 0 Å². The Kier molecular flexibility index (Phi) is 7.02. The van der Waals surface area contributed by atoms with Crippen molar-refractivity contribution >= 4 is 29.3 Å². The van der Waals surface area contributed by atoms with Crippen LogP contribution in [0.2, 0.25) is 0 Å². The van der Waals surface area contributed by atoms with Gasteiger partial charge in [0.25, 0.3) is 0 Å². The standard InChI is InChI=1S/C27H31N5O4/c1-18-12-20-13-21(4-5-23(20)30-18)36-27-22-14-25(34-3)26(15-24(22)28-17-29-27)35-11-10-31-6-8-32(9-7-31)16-19(2)33/h4-5,12,14-15,17,30H,1,6-11,13,16H2,2-3H3. The van der Waals surface area contributed by atoms with Crippen LogP contribution in [0.3, 0.4) is 0 Å². The Balaban J connectivity index is 1.25. The molecule has 5 rings (SSSR count). The third-order valence-corrected chi connectivity index (χ3v) is 6.48. The molecule has 1 N–H and O–H groups in total. The van der Waals surface area contributed by atoms with Crippen molar-refractivity contribution < 1.29 is 19.0 Å². The van der Waals surface area contributed by atoms with Crippen molar-refractivity contribution in [2.24, 2.45) is 0 Å². The van der Waals surface area contributed by atoms with E-state index in [1.54, 1.807) is 14.0 Å². The molecule has 1 saturated heterocycles. The summed E-state index contributed by atoms with van der Waals surface area (Å²) >= 11 is 0. The molecule has 0 amide bonds. The van der Waals surface area contributed by atoms with E-state index in [0.717, 1.165) is 65.6 Å². The highest BCUT2D eigenvalue weighted by Crippen LogP contribution is 2.35. The fraction of sp³-hybridized carbons (Fsp3) is 0.370. The highest BCUT2D eigenvalue weighted by Gasteiger charge is 2.19. The Morgan fingerprint density at radius 3 is 2.67 bits per heavy atom. The molecule has 0 atom stereocenters. The molecule has 188 valence electrons. The normalized spacial score (nSPS) is 16.2. The number of hydrogen-bond donors (Lipinski definition) is 1. The summed E-state index contributed by atoms with van der Waals surface area (Å²) in [4.78, 5) is 27.9. The number of rotatable bonds is 9. The number of aromatic amines is 1. The van der Waals surface area contributed by atoms with Crippen LogP contribution in [-0.2, 0) is 11.2 Å². The van der Waals surface area contributed by atoms with Crippen molar-refractivity contribution in [3.63, 3.8) is 0 Å². The molecule has 0 bridgehead atoms. The van der Waals surface area contributed by atoms with Crippen LogP contribution >= 0.6 is 0 Å². The topological polar surface area (TPSA) is 92.8 Å². The van der Waals surface area contributed by atoms with E-state index in [-0.39, 0.29) is 5.78 Å². The highest BCUT2D eigenvalue weighted by molar-refractivity contribution is 5.86. The van der Waals surface area contributed by atoms with Gasteiger partial charge in [0.1, 0.15) is 24.5 Å². The maximum absolute atomic E-state index is 11.3. The third kappa shape index (κ3) is 5.42. The minimum absolute atomic E-state index is 0.212. The van der Waals surface area contributed by atoms with Gasteiger partial charge in [-0.2, -0.15) is 0 Å². The molecule has 0 spiro atoms. The van der Waals surface area contributed by atoms with Crippen LogP contribution in [0.25, 0.3) is 23.6 Å². The Morgan fingerprint density at radius 2 is 1.89 bits per heavy atom. The van der Waals surface area contributed by atoms with Crippen molar-refractivity contribution in [1.82, 2.24) is 24.8 Å². The molecule has 0 saturated carbocycles. The summed E-state index contributed by atoms with van der Waals surface area (Å²) in [6, 6.07) is 5.76. The maximum atomic E-state index is 11.3. The van der Waals surface area contributed by atoms with Gasteiger partial charge < -0.3 is 19.2 Å². The van der Waals surface area contributed by atoms with Crippen molar-refractivity contribution in [3.05, 3.63) is 52.6 Å². The average molecular weight is 490 g/mol. The molecule has 3 aromatic rings. The summed E-state index contributed by atoms with van der Waals surface area (Å²) in [7, 11) is 1.62. The summed E-state index contributed by atoms with van der Waals surface area (Å²) in [6.45, 7) is 11.1. The number of nitrogens with one attached hydrogen (secondary N) is 1. The van der Waals surface area contributed by atoms with Gasteiger partial charge >= 0.3 is 0 Å². The first-order valence-electron chi connectivity index (χ1n) is 12.1. The molecule has 0 radical (unpaired) electrons. The summed E-state index contributed by atoms with van der Waals surface area (Å²) in [6.07, 6.45) is 6.09. The average Bonchev–Trinajstić information content (AvgIpc) is 3.24. The fourth-order valence-electron chi connectivity index (χ4n) is 4.65. The monoisotopic (exact) mass is 489 g/mol. The number of H-pyrrole nitrogens is 1. The second-order valence-corrected chi connectivity index (χ2v) is 9.18. The molecule has 1 aromatic carbocycles. The Morgan fingerprint density at radius 1 is 1.08 bits per heavy atom. The lowest BCUT2D eigenvalue weighted by atomic mass is 10.1. The van der Waals surface area contributed by atoms with Crippen LogP contribution in [-0.4, -0.2) is 83.5 Å². The number of aromatic nitrogens is 3. The van der Waals surface area contributed by atoms with Gasteiger partial charge in [0, 0.05) is 55.9 Å². The summed E-state index contributed by atoms with van der Waals surface area (Å²) in [5, 5.41) is 2.69. The van der Waals surface area contributed by atoms with E-state index in [9.17, 15) is 4.79 Å². The number of allylic oxidation sites excluding steroid dienone is 2. The lowest BCUT2D eigenvalue weighted by molar-refractivity contribution is -0.118. The zero-order chi connectivity index (χ0) is 25.1. The van der Waals surface area contributed by atoms with Crippen LogP contribution in [0.5, 0.6) is 17.4 Å². The van der Waals surface area contributed by atoms with Crippen LogP contribution in [0.4, 0.5) is 0 Å². The fourth-order valence-corrected chi connectivity index (χ4v) is 4.65. The smallest absolute Gasteiger partial charge is 0.229 e. The minimum Gasteiger partial charge on any atom is -0.493 e. The van der Waals surface area contributed by atoms with Crippen molar-refractivity contribution in [2.75, 3.05) is 53.0 Å². The Hall–Kier alpha value is -3.69. The number of ketones is 1. The van der Waals surface area contributed by atoms with Gasteiger partial charge in [-0.05, 0) is 36.8 Å². The summed E-state index contributed by atoms with van der Waals surface area (Å²) in [5.74, 6) is 2.72. The Bertz CT molecular complexity index is 1410. The number of nitrogens with zero attached hydrogens (tertiary/aromatic N) is 4. The lowest BCUT2D eigenvalue weighted by Crippen LogP contribution is -2.48. The largest absolute Gasteiger partial charge is 0.493 e. The van der Waals surface area contributed by atoms with Crippen LogP contribution < -0.4 is 24.9 Å². The molecule has 36 heavy (non-hydrogen) atoms. The number of hydrogen-bond acceptors (Lipinski definition) is 8. The van der Waals surface area contributed by atoms with E-state index < -0.39 is 0 Å². The van der Waals surface area contributed by atoms with Crippen molar-refractivity contribution in [2.45, 2.75) is 13.3 Å². The summed E-state index contributed by atoms with van der Waals surface area (Å²) in [5.41, 5.74) is 1.86. The first-order chi connectivity index (χ1) is 17.5. The van der Waals surface area contributed by atoms with Crippen molar-refractivity contribution in [1.29, 1.82) is 0 Å². The maximum Gasteiger partial charge on any atom is 0.229 e. The van der Waals surface area contributed by atoms with Gasteiger partial charge in [-0.1, -0.05) is 6.58 Å². The number of ether oxygens (including phenoxy) is 3. The lowest BCUT2D eigenvalue weighted by Gasteiger charge is -2.34. The molecule has 9 heteroatoms. The van der Waals surface area contributed by atoms with Gasteiger partial charge in [-0.25, -0.2) is 9.97 Å². The van der Waals surface area contributed by atoms with E-state index in [1.807, 2.05) is 30.4 Å². The molecule has 1 aliphatic carbocycles. The zero-order valence-corrected chi connectivity index (χ0v) is 20.7. The van der Waals surface area contributed by atoms with Crippen LogP contribution in [0.1, 0.15) is 12.5 Å². The van der Waals surface area contributed by atoms with E-state index in [4.69, 9.17) is 14.2 Å². The zero-order valence-electron chi connectivity index (χ0n) is 20.7. The van der Waals surface area contributed by atoms with E-state index in [1.165, 1.54) is 6.33 Å². The van der Waals surface area contributed by atoms with Crippen LogP contribution in [0.15, 0.2) is 36.4 Å². The predicted molar refractivity (Wildman–Crippen MR) is 138 cm³/mol. The van der Waals surface area contributed by atoms with Crippen LogP contribution in [0, 0.1) is 0 Å². The molecular formula is C27H31N5O4. The second kappa shape index (κ2) is 10.5. The number of fused-ring (bicyclic) bond motifs is 2. The third-order valence-electron chi connectivity index (χ3n) is 6.48. The quantitative estimate of drug-likeness (QED) is 0.480. The van der Waals surface area contributed by atoms with E-state index in [0.29, 0.717) is 37.0 Å². The molecule has 2 aliphatic rings. The number of carbonyl (C=O) groups is 1. The Labute approximate surface area is 209 Å². The van der Waals surface area contributed by atoms with E-state index >= 15 is 0 Å². The number of methoxy groups -OCH3 is 1. The molecular weight excluding hydrogens is 458 g/mol. The van der Waals surface area contributed by atoms with Gasteiger partial charge in [0.05, 0.1) is 24.6 Å². The number of Topliss-reactive ketones (excluding diaryl/α,β-unsaturated/α-hetero) is 1. The number of piperazine rings is 1. The van der Waals surface area contributed by atoms with Gasteiger partial charge in [0.2, 0.25) is 5.88 Å². The summed E-state index contributed by atoms with van der Waals surface area (Å²) < 4.78 is 17.9. The first-order valence-corrected chi connectivity index (χ1v) is 12.1. The SMILES string of the molecule is C=c1cc2c([nH]1)=CC=C(Oc1ncnc3cc(OCCN4CCN(CC(C)=O)CC4)c(OC)cc13)C2. The van der Waals surface area contributed by atoms with Crippen molar-refractivity contribution in [3.8, 4) is 17.4 Å².